The number of halogens is 2. The number of nitrogen functional groups attached to an aromatic ring is 1. The number of hydrogen-bond donors (Lipinski definition) is 1. The number of aryl methyl sites for hydroxylation is 1. The van der Waals surface area contributed by atoms with Gasteiger partial charge in [-0.1, -0.05) is 15.9 Å². The first-order valence-electron chi connectivity index (χ1n) is 4.78. The van der Waals surface area contributed by atoms with Gasteiger partial charge in [-0.05, 0) is 46.6 Å². The lowest BCUT2D eigenvalue weighted by Crippen LogP contribution is -1.96. The molecule has 0 amide bonds. The fraction of sp³-hybridized carbons (Fsp3) is 0.0909. The van der Waals surface area contributed by atoms with Gasteiger partial charge in [-0.15, -0.1) is 0 Å². The van der Waals surface area contributed by atoms with Crippen molar-refractivity contribution >= 4 is 37.7 Å². The molecule has 88 valence electrons. The molecule has 0 unspecified atom stereocenters. The van der Waals surface area contributed by atoms with Crippen LogP contribution in [0.5, 0.6) is 11.6 Å². The summed E-state index contributed by atoms with van der Waals surface area (Å²) >= 11 is 6.72. The molecule has 0 saturated carbocycles. The molecule has 0 aliphatic rings. The molecule has 1 aromatic carbocycles. The van der Waals surface area contributed by atoms with Gasteiger partial charge >= 0.3 is 0 Å². The van der Waals surface area contributed by atoms with E-state index in [0.717, 1.165) is 10.0 Å². The molecule has 0 fully saturated rings. The number of rotatable bonds is 2. The van der Waals surface area contributed by atoms with Gasteiger partial charge in [-0.25, -0.2) is 9.97 Å². The standard InChI is InChI=1S/C11H9Br2N3O/c1-6-4-7(2-3-8(6)12)17-11-9(13)10(14)15-5-16-11/h2-5H,1H3,(H2,14,15,16). The molecule has 0 bridgehead atoms. The Bertz CT molecular complexity index is 560. The van der Waals surface area contributed by atoms with Gasteiger partial charge in [0.25, 0.3) is 0 Å². The van der Waals surface area contributed by atoms with E-state index in [2.05, 4.69) is 41.8 Å². The molecule has 1 aromatic heterocycles. The molecule has 2 N–H and O–H groups in total. The van der Waals surface area contributed by atoms with Crippen LogP contribution in [0.15, 0.2) is 33.5 Å². The van der Waals surface area contributed by atoms with Crippen molar-refractivity contribution in [2.45, 2.75) is 6.92 Å². The zero-order valence-corrected chi connectivity index (χ0v) is 12.1. The number of nitrogens with two attached hydrogens (primary N) is 1. The molecule has 0 aliphatic carbocycles. The summed E-state index contributed by atoms with van der Waals surface area (Å²) in [7, 11) is 0. The van der Waals surface area contributed by atoms with Gasteiger partial charge in [0, 0.05) is 4.47 Å². The molecule has 0 atom stereocenters. The van der Waals surface area contributed by atoms with Crippen LogP contribution in [0.25, 0.3) is 0 Å². The number of hydrogen-bond acceptors (Lipinski definition) is 4. The van der Waals surface area contributed by atoms with Crippen LogP contribution in [-0.2, 0) is 0 Å². The Hall–Kier alpha value is -1.14. The Labute approximate surface area is 115 Å². The second-order valence-corrected chi connectivity index (χ2v) is 5.04. The lowest BCUT2D eigenvalue weighted by Gasteiger charge is -2.08. The summed E-state index contributed by atoms with van der Waals surface area (Å²) in [5, 5.41) is 0. The first-order chi connectivity index (χ1) is 8.08. The smallest absolute Gasteiger partial charge is 0.238 e. The van der Waals surface area contributed by atoms with Crippen molar-refractivity contribution in [3.05, 3.63) is 39.0 Å². The molecule has 6 heteroatoms. The first-order valence-corrected chi connectivity index (χ1v) is 6.36. The quantitative estimate of drug-likeness (QED) is 0.889. The molecule has 2 aromatic rings. The van der Waals surface area contributed by atoms with Crippen LogP contribution in [0.2, 0.25) is 0 Å². The fourth-order valence-corrected chi connectivity index (χ4v) is 1.76. The van der Waals surface area contributed by atoms with E-state index in [1.807, 2.05) is 25.1 Å². The van der Waals surface area contributed by atoms with Gasteiger partial charge in [0.2, 0.25) is 5.88 Å². The Morgan fingerprint density at radius 3 is 2.71 bits per heavy atom. The highest BCUT2D eigenvalue weighted by molar-refractivity contribution is 9.11. The van der Waals surface area contributed by atoms with E-state index in [0.29, 0.717) is 21.9 Å². The highest BCUT2D eigenvalue weighted by Gasteiger charge is 2.08. The molecule has 0 saturated heterocycles. The van der Waals surface area contributed by atoms with E-state index in [4.69, 9.17) is 10.5 Å². The molecule has 0 spiro atoms. The van der Waals surface area contributed by atoms with Gasteiger partial charge in [-0.2, -0.15) is 0 Å². The Kier molecular flexibility index (Phi) is 3.63. The normalized spacial score (nSPS) is 10.3. The van der Waals surface area contributed by atoms with Crippen molar-refractivity contribution in [2.24, 2.45) is 0 Å². The lowest BCUT2D eigenvalue weighted by atomic mass is 10.2. The van der Waals surface area contributed by atoms with Crippen LogP contribution < -0.4 is 10.5 Å². The summed E-state index contributed by atoms with van der Waals surface area (Å²) in [5.41, 5.74) is 6.73. The van der Waals surface area contributed by atoms with Crippen molar-refractivity contribution in [1.29, 1.82) is 0 Å². The van der Waals surface area contributed by atoms with Crippen LogP contribution in [0, 0.1) is 6.92 Å². The van der Waals surface area contributed by atoms with Gasteiger partial charge < -0.3 is 10.5 Å². The molecule has 0 radical (unpaired) electrons. The Balaban J connectivity index is 2.31. The highest BCUT2D eigenvalue weighted by atomic mass is 79.9. The van der Waals surface area contributed by atoms with Crippen molar-refractivity contribution < 1.29 is 4.74 Å². The van der Waals surface area contributed by atoms with E-state index < -0.39 is 0 Å². The molecule has 4 nitrogen and oxygen atoms in total. The molecular formula is C11H9Br2N3O. The van der Waals surface area contributed by atoms with E-state index >= 15 is 0 Å². The predicted molar refractivity (Wildman–Crippen MR) is 73.1 cm³/mol. The Morgan fingerprint density at radius 2 is 2.00 bits per heavy atom. The maximum atomic E-state index is 5.64. The predicted octanol–water partition coefficient (Wildman–Crippen LogP) is 3.68. The van der Waals surface area contributed by atoms with Gasteiger partial charge in [-0.3, -0.25) is 0 Å². The number of benzene rings is 1. The molecule has 17 heavy (non-hydrogen) atoms. The largest absolute Gasteiger partial charge is 0.438 e. The summed E-state index contributed by atoms with van der Waals surface area (Å²) in [6.45, 7) is 1.99. The second kappa shape index (κ2) is 5.01. The monoisotopic (exact) mass is 357 g/mol. The number of aromatic nitrogens is 2. The molecule has 0 aliphatic heterocycles. The third kappa shape index (κ3) is 2.76. The minimum Gasteiger partial charge on any atom is -0.438 e. The second-order valence-electron chi connectivity index (χ2n) is 3.39. The average Bonchev–Trinajstić information content (AvgIpc) is 2.30. The number of ether oxygens (including phenoxy) is 1. The van der Waals surface area contributed by atoms with Crippen molar-refractivity contribution in [1.82, 2.24) is 9.97 Å². The van der Waals surface area contributed by atoms with Gasteiger partial charge in [0.1, 0.15) is 22.4 Å². The summed E-state index contributed by atoms with van der Waals surface area (Å²) in [4.78, 5) is 7.86. The summed E-state index contributed by atoms with van der Waals surface area (Å²) < 4.78 is 7.22. The summed E-state index contributed by atoms with van der Waals surface area (Å²) in [5.74, 6) is 1.45. The SMILES string of the molecule is Cc1cc(Oc2ncnc(N)c2Br)ccc1Br. The van der Waals surface area contributed by atoms with Crippen molar-refractivity contribution in [3.8, 4) is 11.6 Å². The zero-order valence-electron chi connectivity index (χ0n) is 8.95. The average molecular weight is 359 g/mol. The van der Waals surface area contributed by atoms with Crippen molar-refractivity contribution in [3.63, 3.8) is 0 Å². The Morgan fingerprint density at radius 1 is 1.24 bits per heavy atom. The molecular weight excluding hydrogens is 350 g/mol. The zero-order chi connectivity index (χ0) is 12.4. The topological polar surface area (TPSA) is 61.0 Å². The highest BCUT2D eigenvalue weighted by Crippen LogP contribution is 2.31. The molecule has 2 rings (SSSR count). The maximum Gasteiger partial charge on any atom is 0.238 e. The van der Waals surface area contributed by atoms with Crippen molar-refractivity contribution in [2.75, 3.05) is 5.73 Å². The van der Waals surface area contributed by atoms with Crippen LogP contribution >= 0.6 is 31.9 Å². The fourth-order valence-electron chi connectivity index (χ4n) is 1.23. The summed E-state index contributed by atoms with van der Waals surface area (Å²) in [6.07, 6.45) is 1.36. The lowest BCUT2D eigenvalue weighted by molar-refractivity contribution is 0.458. The van der Waals surface area contributed by atoms with Crippen LogP contribution in [0.3, 0.4) is 0 Å². The number of nitrogens with zero attached hydrogens (tertiary/aromatic N) is 2. The van der Waals surface area contributed by atoms with E-state index in [1.54, 1.807) is 0 Å². The third-order valence-electron chi connectivity index (χ3n) is 2.13. The minimum atomic E-state index is 0.351. The minimum absolute atomic E-state index is 0.351. The number of anilines is 1. The van der Waals surface area contributed by atoms with Crippen LogP contribution in [0.1, 0.15) is 5.56 Å². The van der Waals surface area contributed by atoms with E-state index in [-0.39, 0.29) is 0 Å². The molecule has 1 heterocycles. The third-order valence-corrected chi connectivity index (χ3v) is 3.76. The van der Waals surface area contributed by atoms with E-state index in [1.165, 1.54) is 6.33 Å². The first kappa shape index (κ1) is 12.3. The summed E-state index contributed by atoms with van der Waals surface area (Å²) in [6, 6.07) is 5.68. The maximum absolute atomic E-state index is 5.64. The van der Waals surface area contributed by atoms with Crippen LogP contribution in [-0.4, -0.2) is 9.97 Å². The van der Waals surface area contributed by atoms with Gasteiger partial charge in [0.05, 0.1) is 0 Å². The van der Waals surface area contributed by atoms with Gasteiger partial charge in [0.15, 0.2) is 0 Å². The van der Waals surface area contributed by atoms with Crippen LogP contribution in [0.4, 0.5) is 5.82 Å². The van der Waals surface area contributed by atoms with E-state index in [9.17, 15) is 0 Å².